The predicted molar refractivity (Wildman–Crippen MR) is 53.3 cm³/mol. The first-order chi connectivity index (χ1) is 5.43. The fourth-order valence-electron chi connectivity index (χ4n) is 1.61. The molecule has 1 saturated heterocycles. The minimum absolute atomic E-state index is 0.824. The van der Waals surface area contributed by atoms with E-state index in [1.54, 1.807) is 0 Å². The van der Waals surface area contributed by atoms with Crippen molar-refractivity contribution in [3.05, 3.63) is 0 Å². The first-order valence-electron chi connectivity index (χ1n) is 4.66. The Kier molecular flexibility index (Phi) is 5.04. The van der Waals surface area contributed by atoms with Gasteiger partial charge in [-0.15, -0.1) is 0 Å². The van der Waals surface area contributed by atoms with Crippen LogP contribution >= 0.6 is 11.8 Å². The second-order valence-electron chi connectivity index (χ2n) is 3.28. The standard InChI is InChI=1S/C9H19NS/c1-11-8-6-9-5-3-2-4-7-10-9/h9-10H,2-8H2,1H3. The van der Waals surface area contributed by atoms with E-state index in [0.717, 1.165) is 6.04 Å². The van der Waals surface area contributed by atoms with Crippen LogP contribution in [0.1, 0.15) is 32.1 Å². The van der Waals surface area contributed by atoms with E-state index in [1.165, 1.54) is 44.4 Å². The number of thioether (sulfide) groups is 1. The molecule has 0 radical (unpaired) electrons. The molecule has 0 aromatic heterocycles. The van der Waals surface area contributed by atoms with Crippen LogP contribution in [0.5, 0.6) is 0 Å². The van der Waals surface area contributed by atoms with Gasteiger partial charge in [0.15, 0.2) is 0 Å². The van der Waals surface area contributed by atoms with E-state index < -0.39 is 0 Å². The molecule has 1 unspecified atom stereocenters. The van der Waals surface area contributed by atoms with Gasteiger partial charge in [-0.2, -0.15) is 11.8 Å². The van der Waals surface area contributed by atoms with E-state index >= 15 is 0 Å². The largest absolute Gasteiger partial charge is 0.314 e. The van der Waals surface area contributed by atoms with E-state index in [-0.39, 0.29) is 0 Å². The highest BCUT2D eigenvalue weighted by atomic mass is 32.2. The zero-order valence-corrected chi connectivity index (χ0v) is 8.25. The molecule has 66 valence electrons. The average Bonchev–Trinajstić information content (AvgIpc) is 2.28. The third kappa shape index (κ3) is 4.02. The highest BCUT2D eigenvalue weighted by molar-refractivity contribution is 7.98. The van der Waals surface area contributed by atoms with Crippen molar-refractivity contribution in [3.8, 4) is 0 Å². The molecular formula is C9H19NS. The second kappa shape index (κ2) is 5.90. The van der Waals surface area contributed by atoms with E-state index in [1.807, 2.05) is 11.8 Å². The lowest BCUT2D eigenvalue weighted by molar-refractivity contribution is 0.500. The van der Waals surface area contributed by atoms with Crippen molar-refractivity contribution in [2.45, 2.75) is 38.1 Å². The maximum atomic E-state index is 3.60. The molecule has 0 aliphatic carbocycles. The molecule has 1 atom stereocenters. The molecule has 0 aromatic carbocycles. The maximum absolute atomic E-state index is 3.60. The molecule has 1 aliphatic rings. The topological polar surface area (TPSA) is 12.0 Å². The van der Waals surface area contributed by atoms with Crippen LogP contribution in [0.4, 0.5) is 0 Å². The molecule has 11 heavy (non-hydrogen) atoms. The van der Waals surface area contributed by atoms with Crippen molar-refractivity contribution in [2.24, 2.45) is 0 Å². The summed E-state index contributed by atoms with van der Waals surface area (Å²) in [5, 5.41) is 3.60. The fraction of sp³-hybridized carbons (Fsp3) is 1.00. The van der Waals surface area contributed by atoms with Gasteiger partial charge in [0.25, 0.3) is 0 Å². The summed E-state index contributed by atoms with van der Waals surface area (Å²) in [5.74, 6) is 1.32. The van der Waals surface area contributed by atoms with Crippen molar-refractivity contribution in [1.29, 1.82) is 0 Å². The van der Waals surface area contributed by atoms with Gasteiger partial charge < -0.3 is 5.32 Å². The van der Waals surface area contributed by atoms with E-state index in [9.17, 15) is 0 Å². The SMILES string of the molecule is CSCCC1CCCCCN1. The molecule has 1 aliphatic heterocycles. The normalized spacial score (nSPS) is 26.5. The predicted octanol–water partition coefficient (Wildman–Crippen LogP) is 2.27. The fourth-order valence-corrected chi connectivity index (χ4v) is 2.13. The van der Waals surface area contributed by atoms with Crippen LogP contribution in [0.15, 0.2) is 0 Å². The van der Waals surface area contributed by atoms with Crippen LogP contribution in [0.3, 0.4) is 0 Å². The van der Waals surface area contributed by atoms with Crippen LogP contribution in [-0.4, -0.2) is 24.6 Å². The minimum Gasteiger partial charge on any atom is -0.314 e. The van der Waals surface area contributed by atoms with Crippen LogP contribution in [-0.2, 0) is 0 Å². The Balaban J connectivity index is 2.09. The third-order valence-electron chi connectivity index (χ3n) is 2.33. The third-order valence-corrected chi connectivity index (χ3v) is 2.98. The molecule has 0 amide bonds. The summed E-state index contributed by atoms with van der Waals surface area (Å²) in [6, 6.07) is 0.824. The molecule has 0 aromatic rings. The number of hydrogen-bond donors (Lipinski definition) is 1. The van der Waals surface area contributed by atoms with Crippen molar-refractivity contribution < 1.29 is 0 Å². The number of hydrogen-bond acceptors (Lipinski definition) is 2. The van der Waals surface area contributed by atoms with Gasteiger partial charge in [0.1, 0.15) is 0 Å². The molecular weight excluding hydrogens is 154 g/mol. The lowest BCUT2D eigenvalue weighted by Crippen LogP contribution is -2.28. The number of rotatable bonds is 3. The summed E-state index contributed by atoms with van der Waals surface area (Å²) < 4.78 is 0. The summed E-state index contributed by atoms with van der Waals surface area (Å²) in [4.78, 5) is 0. The summed E-state index contributed by atoms with van der Waals surface area (Å²) in [6.07, 6.45) is 9.21. The Morgan fingerprint density at radius 1 is 1.36 bits per heavy atom. The quantitative estimate of drug-likeness (QED) is 0.702. The van der Waals surface area contributed by atoms with Gasteiger partial charge in [-0.05, 0) is 37.8 Å². The molecule has 1 fully saturated rings. The van der Waals surface area contributed by atoms with Gasteiger partial charge in [0.05, 0.1) is 0 Å². The zero-order valence-electron chi connectivity index (χ0n) is 7.44. The van der Waals surface area contributed by atoms with Crippen molar-refractivity contribution in [2.75, 3.05) is 18.6 Å². The Hall–Kier alpha value is 0.310. The molecule has 1 rings (SSSR count). The van der Waals surface area contributed by atoms with Gasteiger partial charge in [0.2, 0.25) is 0 Å². The van der Waals surface area contributed by atoms with Gasteiger partial charge >= 0.3 is 0 Å². The molecule has 0 saturated carbocycles. The molecule has 1 nitrogen and oxygen atoms in total. The Labute approximate surface area is 74.3 Å². The van der Waals surface area contributed by atoms with Crippen molar-refractivity contribution in [3.63, 3.8) is 0 Å². The summed E-state index contributed by atoms with van der Waals surface area (Å²) in [6.45, 7) is 1.25. The summed E-state index contributed by atoms with van der Waals surface area (Å²) in [5.41, 5.74) is 0. The smallest absolute Gasteiger partial charge is 0.00749 e. The minimum atomic E-state index is 0.824. The van der Waals surface area contributed by atoms with E-state index in [4.69, 9.17) is 0 Å². The van der Waals surface area contributed by atoms with E-state index in [0.29, 0.717) is 0 Å². The van der Waals surface area contributed by atoms with Gasteiger partial charge in [0, 0.05) is 6.04 Å². The Morgan fingerprint density at radius 2 is 2.27 bits per heavy atom. The molecule has 2 heteroatoms. The van der Waals surface area contributed by atoms with Crippen molar-refractivity contribution >= 4 is 11.8 Å². The van der Waals surface area contributed by atoms with Gasteiger partial charge in [-0.25, -0.2) is 0 Å². The van der Waals surface area contributed by atoms with Crippen LogP contribution in [0.25, 0.3) is 0 Å². The van der Waals surface area contributed by atoms with Crippen molar-refractivity contribution in [1.82, 2.24) is 5.32 Å². The zero-order chi connectivity index (χ0) is 7.94. The second-order valence-corrected chi connectivity index (χ2v) is 4.27. The maximum Gasteiger partial charge on any atom is 0.00749 e. The highest BCUT2D eigenvalue weighted by Crippen LogP contribution is 2.12. The Morgan fingerprint density at radius 3 is 3.09 bits per heavy atom. The average molecular weight is 173 g/mol. The van der Waals surface area contributed by atoms with Gasteiger partial charge in [-0.1, -0.05) is 12.8 Å². The van der Waals surface area contributed by atoms with E-state index in [2.05, 4.69) is 11.6 Å². The summed E-state index contributed by atoms with van der Waals surface area (Å²) in [7, 11) is 0. The van der Waals surface area contributed by atoms with Crippen LogP contribution < -0.4 is 5.32 Å². The molecule has 0 spiro atoms. The first-order valence-corrected chi connectivity index (χ1v) is 6.05. The summed E-state index contributed by atoms with van der Waals surface area (Å²) >= 11 is 1.96. The molecule has 0 bridgehead atoms. The number of nitrogens with one attached hydrogen (secondary N) is 1. The lowest BCUT2D eigenvalue weighted by atomic mass is 10.1. The van der Waals surface area contributed by atoms with Gasteiger partial charge in [-0.3, -0.25) is 0 Å². The molecule has 1 heterocycles. The molecule has 1 N–H and O–H groups in total. The monoisotopic (exact) mass is 173 g/mol. The lowest BCUT2D eigenvalue weighted by Gasteiger charge is -2.14. The Bertz CT molecular complexity index is 87.6. The van der Waals surface area contributed by atoms with Crippen LogP contribution in [0.2, 0.25) is 0 Å². The first kappa shape index (κ1) is 9.40. The highest BCUT2D eigenvalue weighted by Gasteiger charge is 2.09. The van der Waals surface area contributed by atoms with Crippen LogP contribution in [0, 0.1) is 0 Å².